The number of halogens is 1. The van der Waals surface area contributed by atoms with Crippen molar-refractivity contribution < 1.29 is 18.8 Å². The highest BCUT2D eigenvalue weighted by Crippen LogP contribution is 2.30. The van der Waals surface area contributed by atoms with E-state index in [-0.39, 0.29) is 42.3 Å². The topological polar surface area (TPSA) is 69.7 Å². The van der Waals surface area contributed by atoms with Gasteiger partial charge < -0.3 is 15.1 Å². The summed E-state index contributed by atoms with van der Waals surface area (Å²) in [6, 6.07) is 5.11. The minimum absolute atomic E-state index is 0.0342. The van der Waals surface area contributed by atoms with Crippen LogP contribution in [0.5, 0.6) is 0 Å². The zero-order valence-electron chi connectivity index (χ0n) is 16.1. The number of hydrogen-bond acceptors (Lipinski definition) is 3. The lowest BCUT2D eigenvalue weighted by Gasteiger charge is -2.33. The fourth-order valence-corrected chi connectivity index (χ4v) is 4.10. The maximum atomic E-state index is 14.2. The number of amides is 3. The number of piperidine rings is 1. The van der Waals surface area contributed by atoms with Gasteiger partial charge in [-0.3, -0.25) is 14.4 Å². The summed E-state index contributed by atoms with van der Waals surface area (Å²) in [5, 5.41) is 3.03. The van der Waals surface area contributed by atoms with Crippen LogP contribution in [0.1, 0.15) is 37.7 Å². The maximum Gasteiger partial charge on any atom is 0.228 e. The SMILES string of the molecule is Cc1ccc(N2CC(C(=O)N3CCC(C(=O)NC4CC4)CC3)CC2=O)c(F)c1. The Kier molecular flexibility index (Phi) is 5.08. The molecule has 1 saturated carbocycles. The number of carbonyl (C=O) groups is 3. The first-order chi connectivity index (χ1) is 13.4. The summed E-state index contributed by atoms with van der Waals surface area (Å²) in [5.41, 5.74) is 1.02. The van der Waals surface area contributed by atoms with E-state index in [1.54, 1.807) is 24.0 Å². The molecular formula is C21H26FN3O3. The quantitative estimate of drug-likeness (QED) is 0.859. The molecule has 0 spiro atoms. The van der Waals surface area contributed by atoms with E-state index in [0.29, 0.717) is 32.0 Å². The van der Waals surface area contributed by atoms with Crippen LogP contribution in [-0.2, 0) is 14.4 Å². The van der Waals surface area contributed by atoms with Crippen molar-refractivity contribution in [2.75, 3.05) is 24.5 Å². The van der Waals surface area contributed by atoms with E-state index < -0.39 is 11.7 Å². The number of anilines is 1. The zero-order chi connectivity index (χ0) is 19.8. The lowest BCUT2D eigenvalue weighted by molar-refractivity contribution is -0.139. The van der Waals surface area contributed by atoms with Crippen LogP contribution in [0, 0.1) is 24.6 Å². The van der Waals surface area contributed by atoms with Gasteiger partial charge in [-0.25, -0.2) is 4.39 Å². The molecule has 3 aliphatic rings. The first-order valence-corrected chi connectivity index (χ1v) is 10.1. The van der Waals surface area contributed by atoms with Gasteiger partial charge in [0.2, 0.25) is 17.7 Å². The van der Waals surface area contributed by atoms with Crippen molar-refractivity contribution in [1.82, 2.24) is 10.2 Å². The predicted molar refractivity (Wildman–Crippen MR) is 102 cm³/mol. The van der Waals surface area contributed by atoms with E-state index in [9.17, 15) is 18.8 Å². The predicted octanol–water partition coefficient (Wildman–Crippen LogP) is 2.00. The fourth-order valence-electron chi connectivity index (χ4n) is 4.10. The highest BCUT2D eigenvalue weighted by Gasteiger charge is 2.39. The molecule has 0 bridgehead atoms. The van der Waals surface area contributed by atoms with Crippen LogP contribution >= 0.6 is 0 Å². The van der Waals surface area contributed by atoms with Gasteiger partial charge in [0.25, 0.3) is 0 Å². The van der Waals surface area contributed by atoms with Gasteiger partial charge >= 0.3 is 0 Å². The minimum atomic E-state index is -0.454. The second-order valence-electron chi connectivity index (χ2n) is 8.24. The number of nitrogens with zero attached hydrogens (tertiary/aromatic N) is 2. The molecule has 6 nitrogen and oxygen atoms in total. The maximum absolute atomic E-state index is 14.2. The molecule has 7 heteroatoms. The number of aryl methyl sites for hydroxylation is 1. The highest BCUT2D eigenvalue weighted by atomic mass is 19.1. The van der Waals surface area contributed by atoms with Crippen molar-refractivity contribution >= 4 is 23.4 Å². The molecule has 4 rings (SSSR count). The van der Waals surface area contributed by atoms with E-state index in [4.69, 9.17) is 0 Å². The standard InChI is InChI=1S/C21H26FN3O3/c1-13-2-5-18(17(22)10-13)25-12-15(11-19(25)26)21(28)24-8-6-14(7-9-24)20(27)23-16-3-4-16/h2,5,10,14-16H,3-4,6-9,11-12H2,1H3,(H,23,27). The average molecular weight is 387 g/mol. The van der Waals surface area contributed by atoms with Gasteiger partial charge in [0.05, 0.1) is 11.6 Å². The Bertz CT molecular complexity index is 800. The minimum Gasteiger partial charge on any atom is -0.353 e. The lowest BCUT2D eigenvalue weighted by Crippen LogP contribution is -2.45. The van der Waals surface area contributed by atoms with Crippen LogP contribution in [-0.4, -0.2) is 48.3 Å². The normalized spacial score (nSPS) is 23.2. The first kappa shape index (κ1) is 18.9. The largest absolute Gasteiger partial charge is 0.353 e. The molecule has 2 aliphatic heterocycles. The molecule has 3 amide bonds. The summed E-state index contributed by atoms with van der Waals surface area (Å²) in [7, 11) is 0. The monoisotopic (exact) mass is 387 g/mol. The Balaban J connectivity index is 1.34. The van der Waals surface area contributed by atoms with Gasteiger partial charge in [-0.1, -0.05) is 6.07 Å². The van der Waals surface area contributed by atoms with Crippen LogP contribution in [0.4, 0.5) is 10.1 Å². The van der Waals surface area contributed by atoms with Gasteiger partial charge in [0.1, 0.15) is 5.82 Å². The summed E-state index contributed by atoms with van der Waals surface area (Å²) >= 11 is 0. The Morgan fingerprint density at radius 3 is 2.46 bits per heavy atom. The van der Waals surface area contributed by atoms with Crippen molar-refractivity contribution in [2.45, 2.75) is 45.1 Å². The van der Waals surface area contributed by atoms with E-state index >= 15 is 0 Å². The van der Waals surface area contributed by atoms with Crippen LogP contribution in [0.15, 0.2) is 18.2 Å². The summed E-state index contributed by atoms with van der Waals surface area (Å²) in [6.45, 7) is 3.07. The third-order valence-corrected chi connectivity index (χ3v) is 5.97. The highest BCUT2D eigenvalue weighted by molar-refractivity contribution is 6.00. The molecule has 28 heavy (non-hydrogen) atoms. The average Bonchev–Trinajstić information content (AvgIpc) is 3.41. The molecule has 0 radical (unpaired) electrons. The van der Waals surface area contributed by atoms with Gasteiger partial charge in [0, 0.05) is 38.0 Å². The molecule has 0 aromatic heterocycles. The van der Waals surface area contributed by atoms with Gasteiger partial charge in [0.15, 0.2) is 0 Å². The van der Waals surface area contributed by atoms with Crippen molar-refractivity contribution in [3.05, 3.63) is 29.6 Å². The molecule has 2 saturated heterocycles. The Morgan fingerprint density at radius 2 is 1.82 bits per heavy atom. The van der Waals surface area contributed by atoms with Crippen molar-refractivity contribution in [2.24, 2.45) is 11.8 Å². The molecule has 2 heterocycles. The molecular weight excluding hydrogens is 361 g/mol. The van der Waals surface area contributed by atoms with Gasteiger partial charge in [-0.05, 0) is 50.3 Å². The lowest BCUT2D eigenvalue weighted by atomic mass is 9.94. The molecule has 1 aromatic carbocycles. The molecule has 1 aliphatic carbocycles. The summed E-state index contributed by atoms with van der Waals surface area (Å²) in [5.74, 6) is -1.11. The molecule has 1 N–H and O–H groups in total. The molecule has 1 atom stereocenters. The molecule has 3 fully saturated rings. The summed E-state index contributed by atoms with van der Waals surface area (Å²) < 4.78 is 14.2. The van der Waals surface area contributed by atoms with E-state index in [2.05, 4.69) is 5.32 Å². The second-order valence-corrected chi connectivity index (χ2v) is 8.24. The number of likely N-dealkylation sites (tertiary alicyclic amines) is 1. The van der Waals surface area contributed by atoms with Crippen LogP contribution < -0.4 is 10.2 Å². The van der Waals surface area contributed by atoms with Crippen molar-refractivity contribution in [1.29, 1.82) is 0 Å². The number of carbonyl (C=O) groups excluding carboxylic acids is 3. The Morgan fingerprint density at radius 1 is 1.11 bits per heavy atom. The number of benzene rings is 1. The third kappa shape index (κ3) is 3.88. The van der Waals surface area contributed by atoms with Crippen LogP contribution in [0.3, 0.4) is 0 Å². The van der Waals surface area contributed by atoms with Crippen LogP contribution in [0.2, 0.25) is 0 Å². The third-order valence-electron chi connectivity index (χ3n) is 5.97. The van der Waals surface area contributed by atoms with E-state index in [1.165, 1.54) is 11.0 Å². The zero-order valence-corrected chi connectivity index (χ0v) is 16.1. The number of hydrogen-bond donors (Lipinski definition) is 1. The smallest absolute Gasteiger partial charge is 0.228 e. The van der Waals surface area contributed by atoms with Gasteiger partial charge in [-0.2, -0.15) is 0 Å². The second kappa shape index (κ2) is 7.53. The van der Waals surface area contributed by atoms with Crippen molar-refractivity contribution in [3.8, 4) is 0 Å². The Hall–Kier alpha value is -2.44. The van der Waals surface area contributed by atoms with Gasteiger partial charge in [-0.15, -0.1) is 0 Å². The molecule has 1 aromatic rings. The fraction of sp³-hybridized carbons (Fsp3) is 0.571. The summed E-state index contributed by atoms with van der Waals surface area (Å²) in [6.07, 6.45) is 3.55. The van der Waals surface area contributed by atoms with Crippen LogP contribution in [0.25, 0.3) is 0 Å². The van der Waals surface area contributed by atoms with Crippen molar-refractivity contribution in [3.63, 3.8) is 0 Å². The molecule has 150 valence electrons. The van der Waals surface area contributed by atoms with E-state index in [0.717, 1.165) is 18.4 Å². The number of rotatable bonds is 4. The van der Waals surface area contributed by atoms with E-state index in [1.807, 2.05) is 0 Å². The Labute approximate surface area is 164 Å². The first-order valence-electron chi connectivity index (χ1n) is 10.1. The number of nitrogens with one attached hydrogen (secondary N) is 1. The summed E-state index contributed by atoms with van der Waals surface area (Å²) in [4.78, 5) is 40.6. The molecule has 1 unspecified atom stereocenters.